The molecule has 2 aromatic heterocycles. The minimum absolute atomic E-state index is 0.0201. The fourth-order valence-corrected chi connectivity index (χ4v) is 4.61. The second-order valence-electron chi connectivity index (χ2n) is 8.63. The number of imidazole rings is 1. The number of aromatic nitrogens is 3. The Balaban J connectivity index is 1.80. The number of rotatable bonds is 10. The number of benzene rings is 1. The SMILES string of the molecule is CCC(C)OC(=O)OCCN(C)C(=O)n1c(S(=O)Cc2nccc(OCC(F)(F)F)c2C)nc2ccccc21. The molecule has 0 fully saturated rings. The average Bonchev–Trinajstić information content (AvgIpc) is 3.27. The first-order valence-electron chi connectivity index (χ1n) is 12.0. The molecule has 3 rings (SSSR count). The van der Waals surface area contributed by atoms with Gasteiger partial charge in [-0.1, -0.05) is 19.1 Å². The lowest BCUT2D eigenvalue weighted by Gasteiger charge is -2.19. The Morgan fingerprint density at radius 1 is 1.21 bits per heavy atom. The highest BCUT2D eigenvalue weighted by Crippen LogP contribution is 2.26. The van der Waals surface area contributed by atoms with Crippen LogP contribution >= 0.6 is 0 Å². The first-order chi connectivity index (χ1) is 18.4. The minimum atomic E-state index is -4.52. The van der Waals surface area contributed by atoms with E-state index < -0.39 is 35.8 Å². The van der Waals surface area contributed by atoms with Crippen molar-refractivity contribution in [2.75, 3.05) is 26.8 Å². The van der Waals surface area contributed by atoms with E-state index in [1.807, 2.05) is 6.92 Å². The maximum absolute atomic E-state index is 13.5. The van der Waals surface area contributed by atoms with E-state index >= 15 is 0 Å². The van der Waals surface area contributed by atoms with Gasteiger partial charge >= 0.3 is 18.4 Å². The molecule has 0 aliphatic carbocycles. The molecule has 2 atom stereocenters. The molecule has 0 spiro atoms. The van der Waals surface area contributed by atoms with Gasteiger partial charge in [-0.15, -0.1) is 0 Å². The molecule has 0 aliphatic rings. The predicted octanol–water partition coefficient (Wildman–Crippen LogP) is 4.84. The van der Waals surface area contributed by atoms with Crippen LogP contribution < -0.4 is 4.74 Å². The van der Waals surface area contributed by atoms with E-state index in [4.69, 9.17) is 14.2 Å². The maximum atomic E-state index is 13.5. The highest BCUT2D eigenvalue weighted by Gasteiger charge is 2.29. The number of hydrogen-bond donors (Lipinski definition) is 0. The molecule has 3 aromatic rings. The summed E-state index contributed by atoms with van der Waals surface area (Å²) in [5, 5.41) is -0.0621. The summed E-state index contributed by atoms with van der Waals surface area (Å²) in [6.07, 6.45) is -3.78. The number of hydrogen-bond acceptors (Lipinski definition) is 8. The Labute approximate surface area is 225 Å². The summed E-state index contributed by atoms with van der Waals surface area (Å²) in [6, 6.07) is 7.43. The molecule has 0 bridgehead atoms. The van der Waals surface area contributed by atoms with Gasteiger partial charge in [0.1, 0.15) is 18.5 Å². The zero-order chi connectivity index (χ0) is 28.7. The molecular formula is C25H29F3N4O6S. The molecule has 2 unspecified atom stereocenters. The van der Waals surface area contributed by atoms with Crippen LogP contribution in [-0.4, -0.2) is 74.9 Å². The highest BCUT2D eigenvalue weighted by atomic mass is 32.2. The summed E-state index contributed by atoms with van der Waals surface area (Å²) in [4.78, 5) is 35.0. The lowest BCUT2D eigenvalue weighted by Crippen LogP contribution is -2.35. The minimum Gasteiger partial charge on any atom is -0.484 e. The second kappa shape index (κ2) is 12.9. The van der Waals surface area contributed by atoms with Crippen molar-refractivity contribution in [3.05, 3.63) is 47.8 Å². The van der Waals surface area contributed by atoms with Gasteiger partial charge < -0.3 is 19.1 Å². The van der Waals surface area contributed by atoms with Gasteiger partial charge in [-0.3, -0.25) is 9.19 Å². The molecule has 0 saturated carbocycles. The van der Waals surface area contributed by atoms with E-state index in [0.29, 0.717) is 23.0 Å². The first-order valence-corrected chi connectivity index (χ1v) is 13.3. The number of para-hydroxylation sites is 2. The van der Waals surface area contributed by atoms with Crippen molar-refractivity contribution >= 4 is 34.0 Å². The van der Waals surface area contributed by atoms with Crippen LogP contribution in [0.15, 0.2) is 41.7 Å². The number of pyridine rings is 1. The molecule has 212 valence electrons. The molecular weight excluding hydrogens is 541 g/mol. The van der Waals surface area contributed by atoms with E-state index in [-0.39, 0.29) is 41.6 Å². The number of halogens is 3. The van der Waals surface area contributed by atoms with Gasteiger partial charge in [0, 0.05) is 18.8 Å². The van der Waals surface area contributed by atoms with Crippen LogP contribution in [0.2, 0.25) is 0 Å². The fourth-order valence-electron chi connectivity index (χ4n) is 3.36. The average molecular weight is 571 g/mol. The molecule has 10 nitrogen and oxygen atoms in total. The molecule has 14 heteroatoms. The summed E-state index contributed by atoms with van der Waals surface area (Å²) >= 11 is 0. The Morgan fingerprint density at radius 3 is 2.62 bits per heavy atom. The summed E-state index contributed by atoms with van der Waals surface area (Å²) in [7, 11) is -0.431. The number of amides is 1. The van der Waals surface area contributed by atoms with Crippen molar-refractivity contribution in [1.82, 2.24) is 19.4 Å². The van der Waals surface area contributed by atoms with Crippen LogP contribution in [0.25, 0.3) is 11.0 Å². The van der Waals surface area contributed by atoms with Gasteiger partial charge in [-0.25, -0.2) is 19.1 Å². The summed E-state index contributed by atoms with van der Waals surface area (Å²) in [5.74, 6) is -0.259. The van der Waals surface area contributed by atoms with E-state index in [1.165, 1.54) is 35.7 Å². The lowest BCUT2D eigenvalue weighted by molar-refractivity contribution is -0.153. The van der Waals surface area contributed by atoms with Gasteiger partial charge in [0.2, 0.25) is 5.16 Å². The van der Waals surface area contributed by atoms with Crippen molar-refractivity contribution in [3.63, 3.8) is 0 Å². The molecule has 1 amide bonds. The van der Waals surface area contributed by atoms with Crippen molar-refractivity contribution in [1.29, 1.82) is 0 Å². The van der Waals surface area contributed by atoms with Crippen LogP contribution in [0.5, 0.6) is 5.75 Å². The highest BCUT2D eigenvalue weighted by molar-refractivity contribution is 7.84. The van der Waals surface area contributed by atoms with E-state index in [2.05, 4.69) is 9.97 Å². The number of ether oxygens (including phenoxy) is 3. The van der Waals surface area contributed by atoms with Crippen LogP contribution in [0.4, 0.5) is 22.8 Å². The number of carbonyl (C=O) groups excluding carboxylic acids is 2. The van der Waals surface area contributed by atoms with Crippen molar-refractivity contribution in [3.8, 4) is 5.75 Å². The standard InChI is InChI=1S/C25H29F3N4O6S/c1-5-16(2)38-24(34)36-13-12-31(4)23(33)32-20-9-7-6-8-18(20)30-22(32)39(35)14-19-17(3)21(10-11-29-19)37-15-25(26,27)28/h6-11,16H,5,12-15H2,1-4H3. The van der Waals surface area contributed by atoms with E-state index in [0.717, 1.165) is 0 Å². The lowest BCUT2D eigenvalue weighted by atomic mass is 10.2. The number of carbonyl (C=O) groups is 2. The number of nitrogens with zero attached hydrogens (tertiary/aromatic N) is 4. The van der Waals surface area contributed by atoms with Crippen LogP contribution in [0.1, 0.15) is 31.5 Å². The third-order valence-electron chi connectivity index (χ3n) is 5.69. The third kappa shape index (κ3) is 7.91. The summed E-state index contributed by atoms with van der Waals surface area (Å²) in [6.45, 7) is 3.51. The third-order valence-corrected chi connectivity index (χ3v) is 6.91. The van der Waals surface area contributed by atoms with Gasteiger partial charge in [-0.2, -0.15) is 13.2 Å². The fraction of sp³-hybridized carbons (Fsp3) is 0.440. The molecule has 2 heterocycles. The Hall–Kier alpha value is -3.68. The summed E-state index contributed by atoms with van der Waals surface area (Å²) < 4.78 is 67.4. The summed E-state index contributed by atoms with van der Waals surface area (Å²) in [5.41, 5.74) is 1.35. The van der Waals surface area contributed by atoms with Crippen molar-refractivity contribution < 1.29 is 41.2 Å². The van der Waals surface area contributed by atoms with Crippen LogP contribution in [-0.2, 0) is 26.0 Å². The Bertz CT molecular complexity index is 1350. The van der Waals surface area contributed by atoms with Crippen LogP contribution in [0.3, 0.4) is 0 Å². The predicted molar refractivity (Wildman–Crippen MR) is 136 cm³/mol. The largest absolute Gasteiger partial charge is 0.508 e. The van der Waals surface area contributed by atoms with Gasteiger partial charge in [0.25, 0.3) is 0 Å². The van der Waals surface area contributed by atoms with Gasteiger partial charge in [0.15, 0.2) is 6.61 Å². The molecule has 39 heavy (non-hydrogen) atoms. The van der Waals surface area contributed by atoms with E-state index in [1.54, 1.807) is 31.2 Å². The quantitative estimate of drug-likeness (QED) is 0.318. The van der Waals surface area contributed by atoms with Crippen LogP contribution in [0, 0.1) is 6.92 Å². The molecule has 0 radical (unpaired) electrons. The zero-order valence-corrected chi connectivity index (χ0v) is 22.7. The molecule has 0 saturated heterocycles. The van der Waals surface area contributed by atoms with Gasteiger partial charge in [0.05, 0.1) is 39.8 Å². The number of alkyl halides is 3. The monoisotopic (exact) mass is 570 g/mol. The Kier molecular flexibility index (Phi) is 9.89. The zero-order valence-electron chi connectivity index (χ0n) is 21.9. The first kappa shape index (κ1) is 29.9. The topological polar surface area (TPSA) is 113 Å². The number of likely N-dealkylation sites (N-methyl/N-ethyl adjacent to an activating group) is 1. The van der Waals surface area contributed by atoms with Crippen molar-refractivity contribution in [2.45, 2.75) is 50.4 Å². The molecule has 1 aromatic carbocycles. The van der Waals surface area contributed by atoms with Gasteiger partial charge in [-0.05, 0) is 38.5 Å². The van der Waals surface area contributed by atoms with E-state index in [9.17, 15) is 27.0 Å². The molecule has 0 aliphatic heterocycles. The maximum Gasteiger partial charge on any atom is 0.508 e. The van der Waals surface area contributed by atoms with Crippen molar-refractivity contribution in [2.24, 2.45) is 0 Å². The number of fused-ring (bicyclic) bond motifs is 1. The second-order valence-corrected chi connectivity index (χ2v) is 9.98. The molecule has 0 N–H and O–H groups in total. The smallest absolute Gasteiger partial charge is 0.484 e. The Morgan fingerprint density at radius 2 is 1.92 bits per heavy atom. The normalized spacial score (nSPS) is 13.1.